The van der Waals surface area contributed by atoms with Crippen molar-refractivity contribution in [1.29, 1.82) is 0 Å². The van der Waals surface area contributed by atoms with E-state index in [0.717, 1.165) is 43.0 Å². The summed E-state index contributed by atoms with van der Waals surface area (Å²) >= 11 is 5.92. The van der Waals surface area contributed by atoms with Gasteiger partial charge < -0.3 is 14.7 Å². The fraction of sp³-hybridized carbons (Fsp3) is 0.435. The normalized spacial score (nSPS) is 17.2. The smallest absolute Gasteiger partial charge is 0.159 e. The molecule has 156 valence electrons. The quantitative estimate of drug-likeness (QED) is 0.663. The van der Waals surface area contributed by atoms with Crippen LogP contribution in [0.5, 0.6) is 0 Å². The van der Waals surface area contributed by atoms with Crippen LogP contribution in [-0.4, -0.2) is 61.2 Å². The van der Waals surface area contributed by atoms with E-state index in [4.69, 9.17) is 16.3 Å². The molecule has 0 saturated carbocycles. The molecule has 0 unspecified atom stereocenters. The van der Waals surface area contributed by atoms with Crippen LogP contribution in [-0.2, 0) is 4.74 Å². The zero-order chi connectivity index (χ0) is 20.8. The molecule has 3 rings (SSSR count). The molecule has 2 aromatic carbocycles. The first-order chi connectivity index (χ1) is 13.9. The number of aliphatic hydroxyl groups is 1. The van der Waals surface area contributed by atoms with Crippen molar-refractivity contribution in [2.24, 2.45) is 0 Å². The topological polar surface area (TPSA) is 53.0 Å². The molecule has 1 aliphatic heterocycles. The molecule has 2 atom stereocenters. The Kier molecular flexibility index (Phi) is 7.67. The van der Waals surface area contributed by atoms with E-state index < -0.39 is 6.10 Å². The van der Waals surface area contributed by atoms with Gasteiger partial charge in [-0.1, -0.05) is 23.7 Å². The summed E-state index contributed by atoms with van der Waals surface area (Å²) in [4.78, 5) is 16.0. The first-order valence-corrected chi connectivity index (χ1v) is 10.4. The lowest BCUT2D eigenvalue weighted by atomic mass is 10.1. The van der Waals surface area contributed by atoms with Gasteiger partial charge in [-0.25, -0.2) is 0 Å². The summed E-state index contributed by atoms with van der Waals surface area (Å²) in [5, 5.41) is 11.1. The van der Waals surface area contributed by atoms with Gasteiger partial charge in [0, 0.05) is 49.0 Å². The van der Waals surface area contributed by atoms with E-state index >= 15 is 0 Å². The Balaban J connectivity index is 1.40. The molecular formula is C23H29ClN2O3. The predicted molar refractivity (Wildman–Crippen MR) is 117 cm³/mol. The van der Waals surface area contributed by atoms with Crippen LogP contribution in [0.1, 0.15) is 35.9 Å². The maximum Gasteiger partial charge on any atom is 0.159 e. The Hall–Kier alpha value is -1.92. The molecule has 5 nitrogen and oxygen atoms in total. The second-order valence-electron chi connectivity index (χ2n) is 7.57. The van der Waals surface area contributed by atoms with Gasteiger partial charge in [0.1, 0.15) is 0 Å². The van der Waals surface area contributed by atoms with Crippen LogP contribution in [0.2, 0.25) is 5.02 Å². The summed E-state index contributed by atoms with van der Waals surface area (Å²) < 4.78 is 5.83. The number of piperazine rings is 1. The number of benzene rings is 2. The third-order valence-electron chi connectivity index (χ3n) is 5.36. The van der Waals surface area contributed by atoms with Crippen LogP contribution in [0.4, 0.5) is 5.69 Å². The molecular weight excluding hydrogens is 388 g/mol. The number of β-amino-alcohol motifs (C(OH)–C–C–N with tert-alkyl or cyclic N) is 1. The number of carbonyl (C=O) groups is 1. The minimum absolute atomic E-state index is 0.0861. The van der Waals surface area contributed by atoms with Crippen molar-refractivity contribution >= 4 is 23.1 Å². The number of rotatable bonds is 8. The predicted octanol–water partition coefficient (Wildman–Crippen LogP) is 3.80. The van der Waals surface area contributed by atoms with Gasteiger partial charge >= 0.3 is 0 Å². The van der Waals surface area contributed by atoms with E-state index in [0.29, 0.717) is 18.2 Å². The summed E-state index contributed by atoms with van der Waals surface area (Å²) in [6.07, 6.45) is -0.608. The molecule has 1 fully saturated rings. The largest absolute Gasteiger partial charge is 0.389 e. The zero-order valence-corrected chi connectivity index (χ0v) is 17.8. The molecule has 6 heteroatoms. The third-order valence-corrected chi connectivity index (χ3v) is 5.61. The van der Waals surface area contributed by atoms with Crippen molar-refractivity contribution in [3.8, 4) is 0 Å². The van der Waals surface area contributed by atoms with Crippen LogP contribution >= 0.6 is 11.6 Å². The summed E-state index contributed by atoms with van der Waals surface area (Å²) in [5.74, 6) is 0.0861. The van der Waals surface area contributed by atoms with Gasteiger partial charge in [0.15, 0.2) is 5.78 Å². The maximum absolute atomic E-state index is 11.4. The van der Waals surface area contributed by atoms with Gasteiger partial charge in [-0.15, -0.1) is 0 Å². The number of aliphatic hydroxyl groups excluding tert-OH is 1. The van der Waals surface area contributed by atoms with E-state index in [1.165, 1.54) is 0 Å². The molecule has 0 radical (unpaired) electrons. The fourth-order valence-corrected chi connectivity index (χ4v) is 3.66. The number of carbonyl (C=O) groups excluding carboxylic acids is 1. The number of nitrogens with zero attached hydrogens (tertiary/aromatic N) is 2. The molecule has 1 aliphatic rings. The summed E-state index contributed by atoms with van der Waals surface area (Å²) in [6, 6.07) is 15.4. The minimum atomic E-state index is -0.522. The Morgan fingerprint density at radius 1 is 1.07 bits per heavy atom. The lowest BCUT2D eigenvalue weighted by Gasteiger charge is -2.37. The fourth-order valence-electron chi connectivity index (χ4n) is 3.53. The Morgan fingerprint density at radius 3 is 2.28 bits per heavy atom. The highest BCUT2D eigenvalue weighted by Crippen LogP contribution is 2.20. The molecule has 0 aliphatic carbocycles. The highest BCUT2D eigenvalue weighted by molar-refractivity contribution is 6.30. The van der Waals surface area contributed by atoms with Gasteiger partial charge in [0.05, 0.1) is 18.8 Å². The summed E-state index contributed by atoms with van der Waals surface area (Å²) in [5.41, 5.74) is 2.92. The Morgan fingerprint density at radius 2 is 1.69 bits per heavy atom. The van der Waals surface area contributed by atoms with E-state index in [2.05, 4.69) is 9.80 Å². The number of ketones is 1. The molecule has 0 bridgehead atoms. The van der Waals surface area contributed by atoms with Crippen LogP contribution in [0, 0.1) is 0 Å². The zero-order valence-electron chi connectivity index (χ0n) is 17.1. The van der Waals surface area contributed by atoms with Crippen LogP contribution in [0.15, 0.2) is 48.5 Å². The number of halogens is 1. The number of ether oxygens (including phenoxy) is 1. The molecule has 1 saturated heterocycles. The van der Waals surface area contributed by atoms with Gasteiger partial charge in [-0.2, -0.15) is 0 Å². The monoisotopic (exact) mass is 416 g/mol. The molecule has 0 aromatic heterocycles. The number of Topliss-reactive ketones (excluding diaryl/α,β-unsaturated/α-hetero) is 1. The molecule has 2 aromatic rings. The molecule has 0 amide bonds. The van der Waals surface area contributed by atoms with Crippen LogP contribution < -0.4 is 4.90 Å². The van der Waals surface area contributed by atoms with E-state index in [1.807, 2.05) is 55.5 Å². The van der Waals surface area contributed by atoms with E-state index in [1.54, 1.807) is 6.92 Å². The van der Waals surface area contributed by atoms with Gasteiger partial charge in [-0.05, 0) is 55.8 Å². The highest BCUT2D eigenvalue weighted by Gasteiger charge is 2.20. The molecule has 29 heavy (non-hydrogen) atoms. The lowest BCUT2D eigenvalue weighted by Crippen LogP contribution is -2.49. The molecule has 1 N–H and O–H groups in total. The highest BCUT2D eigenvalue weighted by atomic mass is 35.5. The van der Waals surface area contributed by atoms with Crippen molar-refractivity contribution in [1.82, 2.24) is 4.90 Å². The van der Waals surface area contributed by atoms with Gasteiger partial charge in [-0.3, -0.25) is 9.69 Å². The SMILES string of the molecule is CC(=O)c1ccc(N2CCN(C[C@H](O)CO[C@@H](C)c3ccc(Cl)cc3)CC2)cc1. The minimum Gasteiger partial charge on any atom is -0.389 e. The van der Waals surface area contributed by atoms with Crippen molar-refractivity contribution in [2.45, 2.75) is 26.1 Å². The number of hydrogen-bond donors (Lipinski definition) is 1. The van der Waals surface area contributed by atoms with Gasteiger partial charge in [0.2, 0.25) is 0 Å². The van der Waals surface area contributed by atoms with Crippen molar-refractivity contribution in [3.63, 3.8) is 0 Å². The average Bonchev–Trinajstić information content (AvgIpc) is 2.73. The van der Waals surface area contributed by atoms with E-state index in [9.17, 15) is 9.90 Å². The first-order valence-electron chi connectivity index (χ1n) is 10.1. The number of hydrogen-bond acceptors (Lipinski definition) is 5. The second kappa shape index (κ2) is 10.2. The standard InChI is InChI=1S/C23H29ClN2O3/c1-17(27)19-5-9-22(10-6-19)26-13-11-25(12-14-26)15-23(28)16-29-18(2)20-3-7-21(24)8-4-20/h3-10,18,23,28H,11-16H2,1-2H3/t18-,23-/m0/s1. The summed E-state index contributed by atoms with van der Waals surface area (Å²) in [7, 11) is 0. The van der Waals surface area contributed by atoms with Crippen LogP contribution in [0.25, 0.3) is 0 Å². The first kappa shape index (κ1) is 21.8. The van der Waals surface area contributed by atoms with Crippen molar-refractivity contribution in [3.05, 3.63) is 64.7 Å². The van der Waals surface area contributed by atoms with Crippen molar-refractivity contribution in [2.75, 3.05) is 44.2 Å². The maximum atomic E-state index is 11.4. The Bertz CT molecular complexity index is 787. The molecule has 0 spiro atoms. The number of anilines is 1. The Labute approximate surface area is 177 Å². The van der Waals surface area contributed by atoms with Crippen molar-refractivity contribution < 1.29 is 14.6 Å². The molecule has 1 heterocycles. The average molecular weight is 417 g/mol. The van der Waals surface area contributed by atoms with E-state index in [-0.39, 0.29) is 11.9 Å². The van der Waals surface area contributed by atoms with Gasteiger partial charge in [0.25, 0.3) is 0 Å². The third kappa shape index (κ3) is 6.28. The second-order valence-corrected chi connectivity index (χ2v) is 8.01. The lowest BCUT2D eigenvalue weighted by molar-refractivity contribution is -0.0162. The van der Waals surface area contributed by atoms with Crippen LogP contribution in [0.3, 0.4) is 0 Å². The summed E-state index contributed by atoms with van der Waals surface area (Å²) in [6.45, 7) is 8.03.